The average molecular weight is 484 g/mol. The highest BCUT2D eigenvalue weighted by Gasteiger charge is 2.17. The molecule has 0 aliphatic carbocycles. The zero-order valence-corrected chi connectivity index (χ0v) is 20.0. The number of amides is 1. The van der Waals surface area contributed by atoms with Crippen LogP contribution in [0, 0.1) is 20.8 Å². The van der Waals surface area contributed by atoms with Crippen molar-refractivity contribution in [1.82, 2.24) is 19.6 Å². The van der Waals surface area contributed by atoms with Gasteiger partial charge in [-0.2, -0.15) is 10.2 Å². The van der Waals surface area contributed by atoms with Crippen LogP contribution in [0.15, 0.2) is 54.7 Å². The van der Waals surface area contributed by atoms with Crippen molar-refractivity contribution in [1.29, 1.82) is 0 Å². The van der Waals surface area contributed by atoms with Crippen LogP contribution in [0.25, 0.3) is 0 Å². The summed E-state index contributed by atoms with van der Waals surface area (Å²) in [5.41, 5.74) is 4.90. The molecule has 4 aromatic rings. The van der Waals surface area contributed by atoms with Gasteiger partial charge in [-0.15, -0.1) is 0 Å². The Morgan fingerprint density at radius 1 is 1.03 bits per heavy atom. The maximum Gasteiger partial charge on any atom is 0.276 e. The van der Waals surface area contributed by atoms with Gasteiger partial charge in [0, 0.05) is 6.20 Å². The average Bonchev–Trinajstić information content (AvgIpc) is 3.34. The van der Waals surface area contributed by atoms with Crippen molar-refractivity contribution in [3.63, 3.8) is 0 Å². The molecular weight excluding hydrogens is 461 g/mol. The summed E-state index contributed by atoms with van der Waals surface area (Å²) >= 11 is 12.2. The third-order valence-corrected chi connectivity index (χ3v) is 5.76. The molecule has 0 aliphatic rings. The first kappa shape index (κ1) is 22.9. The number of hydrogen-bond acceptors (Lipinski definition) is 4. The van der Waals surface area contributed by atoms with E-state index < -0.39 is 0 Å². The molecule has 2 aromatic carbocycles. The van der Waals surface area contributed by atoms with E-state index in [0.717, 1.165) is 17.0 Å². The Kier molecular flexibility index (Phi) is 6.72. The van der Waals surface area contributed by atoms with Crippen molar-refractivity contribution in [2.45, 2.75) is 34.0 Å². The smallest absolute Gasteiger partial charge is 0.276 e. The van der Waals surface area contributed by atoms with Crippen LogP contribution >= 0.6 is 23.2 Å². The molecule has 4 rings (SSSR count). The van der Waals surface area contributed by atoms with E-state index in [1.165, 1.54) is 10.2 Å². The number of halogens is 2. The molecule has 0 saturated carbocycles. The van der Waals surface area contributed by atoms with E-state index in [-0.39, 0.29) is 18.3 Å². The van der Waals surface area contributed by atoms with Crippen LogP contribution in [-0.4, -0.2) is 25.5 Å². The van der Waals surface area contributed by atoms with Gasteiger partial charge in [-0.3, -0.25) is 9.48 Å². The molecule has 1 amide bonds. The number of nitrogens with zero attached hydrogens (tertiary/aromatic N) is 4. The molecule has 1 N–H and O–H groups in total. The number of carbonyl (C=O) groups excluding carboxylic acids is 1. The first-order valence-electron chi connectivity index (χ1n) is 10.3. The Hall–Kier alpha value is -3.29. The molecule has 0 aliphatic heterocycles. The molecular formula is C24H23Cl2N5O2. The quantitative estimate of drug-likeness (QED) is 0.368. The van der Waals surface area contributed by atoms with Crippen molar-refractivity contribution in [2.75, 3.05) is 5.32 Å². The third-order valence-electron chi connectivity index (χ3n) is 5.17. The van der Waals surface area contributed by atoms with Crippen LogP contribution in [0.4, 0.5) is 5.69 Å². The summed E-state index contributed by atoms with van der Waals surface area (Å²) in [7, 11) is 0. The molecule has 0 bridgehead atoms. The lowest BCUT2D eigenvalue weighted by atomic mass is 10.1. The van der Waals surface area contributed by atoms with Crippen LogP contribution in [0.2, 0.25) is 10.0 Å². The number of aromatic nitrogens is 4. The van der Waals surface area contributed by atoms with Gasteiger partial charge in [0.25, 0.3) is 5.91 Å². The van der Waals surface area contributed by atoms with Gasteiger partial charge < -0.3 is 10.1 Å². The lowest BCUT2D eigenvalue weighted by Crippen LogP contribution is -2.15. The highest BCUT2D eigenvalue weighted by molar-refractivity contribution is 6.37. The minimum absolute atomic E-state index is 0.0587. The fourth-order valence-electron chi connectivity index (χ4n) is 3.50. The topological polar surface area (TPSA) is 74.0 Å². The van der Waals surface area contributed by atoms with E-state index in [0.29, 0.717) is 28.0 Å². The lowest BCUT2D eigenvalue weighted by Gasteiger charge is -2.09. The molecule has 33 heavy (non-hydrogen) atoms. The second-order valence-corrected chi connectivity index (χ2v) is 8.53. The summed E-state index contributed by atoms with van der Waals surface area (Å²) in [5, 5.41) is 12.6. The maximum absolute atomic E-state index is 12.8. The first-order chi connectivity index (χ1) is 15.8. The number of anilines is 1. The second kappa shape index (κ2) is 9.68. The van der Waals surface area contributed by atoms with E-state index in [9.17, 15) is 4.79 Å². The van der Waals surface area contributed by atoms with Gasteiger partial charge in [0.1, 0.15) is 0 Å². The molecule has 0 radical (unpaired) electrons. The Morgan fingerprint density at radius 2 is 1.76 bits per heavy atom. The van der Waals surface area contributed by atoms with Gasteiger partial charge in [0.05, 0.1) is 33.7 Å². The number of ether oxygens (including phenoxy) is 1. The van der Waals surface area contributed by atoms with Crippen LogP contribution in [0.3, 0.4) is 0 Å². The fourth-order valence-corrected chi connectivity index (χ4v) is 4.01. The Labute approximate surface area is 201 Å². The number of para-hydroxylation sites is 1. The van der Waals surface area contributed by atoms with E-state index in [4.69, 9.17) is 27.9 Å². The monoisotopic (exact) mass is 483 g/mol. The van der Waals surface area contributed by atoms with Crippen molar-refractivity contribution in [2.24, 2.45) is 0 Å². The molecule has 0 fully saturated rings. The first-order valence-corrected chi connectivity index (χ1v) is 11.1. The zero-order chi connectivity index (χ0) is 23.5. The summed E-state index contributed by atoms with van der Waals surface area (Å²) in [4.78, 5) is 12.8. The Morgan fingerprint density at radius 3 is 2.48 bits per heavy atom. The fraction of sp³-hybridized carbons (Fsp3) is 0.208. The SMILES string of the molecule is Cc1cccc(Cn2nc(C)c(NC(=O)c3ccn(COc4c(Cl)cccc4Cl)n3)c2C)c1. The number of nitrogens with one attached hydrogen (secondary N) is 1. The van der Waals surface area contributed by atoms with Crippen LogP contribution in [-0.2, 0) is 13.3 Å². The molecule has 170 valence electrons. The number of aryl methyl sites for hydroxylation is 2. The van der Waals surface area contributed by atoms with Crippen LogP contribution in [0.1, 0.15) is 33.0 Å². The van der Waals surface area contributed by atoms with Gasteiger partial charge in [-0.05, 0) is 44.5 Å². The predicted octanol–water partition coefficient (Wildman–Crippen LogP) is 5.65. The highest BCUT2D eigenvalue weighted by Crippen LogP contribution is 2.32. The Bertz CT molecular complexity index is 1290. The molecule has 2 heterocycles. The molecule has 9 heteroatoms. The Balaban J connectivity index is 1.44. The van der Waals surface area contributed by atoms with Gasteiger partial charge in [-0.1, -0.05) is 59.1 Å². The maximum atomic E-state index is 12.8. The lowest BCUT2D eigenvalue weighted by molar-refractivity contribution is 0.102. The number of rotatable bonds is 7. The molecule has 0 spiro atoms. The van der Waals surface area contributed by atoms with Gasteiger partial charge >= 0.3 is 0 Å². The normalized spacial score (nSPS) is 10.9. The minimum atomic E-state index is -0.328. The minimum Gasteiger partial charge on any atom is -0.468 e. The standard InChI is InChI=1S/C24H23Cl2N5O2/c1-15-6-4-7-18(12-15)13-31-17(3)22(16(2)28-31)27-24(32)21-10-11-30(29-21)14-33-23-19(25)8-5-9-20(23)26/h4-12H,13-14H2,1-3H3,(H,27,32). The second-order valence-electron chi connectivity index (χ2n) is 7.71. The van der Waals surface area contributed by atoms with Gasteiger partial charge in [-0.25, -0.2) is 4.68 Å². The highest BCUT2D eigenvalue weighted by atomic mass is 35.5. The third kappa shape index (κ3) is 5.21. The molecule has 0 saturated heterocycles. The van der Waals surface area contributed by atoms with Crippen molar-refractivity contribution in [3.8, 4) is 5.75 Å². The van der Waals surface area contributed by atoms with E-state index >= 15 is 0 Å². The van der Waals surface area contributed by atoms with Crippen molar-refractivity contribution < 1.29 is 9.53 Å². The summed E-state index contributed by atoms with van der Waals surface area (Å²) in [6.07, 6.45) is 1.65. The summed E-state index contributed by atoms with van der Waals surface area (Å²) in [5.74, 6) is 0.0421. The summed E-state index contributed by atoms with van der Waals surface area (Å²) < 4.78 is 9.05. The molecule has 2 aromatic heterocycles. The van der Waals surface area contributed by atoms with Crippen molar-refractivity contribution >= 4 is 34.8 Å². The number of benzene rings is 2. The van der Waals surface area contributed by atoms with Crippen LogP contribution in [0.5, 0.6) is 5.75 Å². The molecule has 0 atom stereocenters. The van der Waals surface area contributed by atoms with E-state index in [1.807, 2.05) is 24.6 Å². The van der Waals surface area contributed by atoms with E-state index in [1.54, 1.807) is 30.5 Å². The molecule has 7 nitrogen and oxygen atoms in total. The van der Waals surface area contributed by atoms with Gasteiger partial charge in [0.2, 0.25) is 0 Å². The van der Waals surface area contributed by atoms with Crippen LogP contribution < -0.4 is 10.1 Å². The van der Waals surface area contributed by atoms with Gasteiger partial charge in [0.15, 0.2) is 18.2 Å². The van der Waals surface area contributed by atoms with Crippen molar-refractivity contribution in [3.05, 3.63) is 93.0 Å². The zero-order valence-electron chi connectivity index (χ0n) is 18.5. The number of carbonyl (C=O) groups is 1. The summed E-state index contributed by atoms with van der Waals surface area (Å²) in [6, 6.07) is 15.0. The van der Waals surface area contributed by atoms with E-state index in [2.05, 4.69) is 40.6 Å². The molecule has 0 unspecified atom stereocenters. The predicted molar refractivity (Wildman–Crippen MR) is 129 cm³/mol. The number of hydrogen-bond donors (Lipinski definition) is 1. The summed E-state index contributed by atoms with van der Waals surface area (Å²) in [6.45, 7) is 6.55. The largest absolute Gasteiger partial charge is 0.468 e.